The molecule has 0 saturated carbocycles. The summed E-state index contributed by atoms with van der Waals surface area (Å²) in [5, 5.41) is 33.4. The second-order valence-corrected chi connectivity index (χ2v) is 9.60. The third kappa shape index (κ3) is 10.1. The highest BCUT2D eigenvalue weighted by molar-refractivity contribution is 9.10. The Morgan fingerprint density at radius 1 is 1.03 bits per heavy atom. The Hall–Kier alpha value is -0.600. The molecule has 0 amide bonds. The number of hydrogen-bond donors (Lipinski definition) is 7. The van der Waals surface area contributed by atoms with Gasteiger partial charge in [-0.25, -0.2) is 4.57 Å². The van der Waals surface area contributed by atoms with Crippen molar-refractivity contribution in [3.63, 3.8) is 0 Å². The molecule has 11 nitrogen and oxygen atoms in total. The molecule has 1 aromatic heterocycles. The lowest BCUT2D eigenvalue weighted by molar-refractivity contribution is 0.134. The van der Waals surface area contributed by atoms with Gasteiger partial charge in [0.15, 0.2) is 0 Å². The lowest BCUT2D eigenvalue weighted by Crippen LogP contribution is -2.43. The van der Waals surface area contributed by atoms with Crippen LogP contribution in [0.15, 0.2) is 22.8 Å². The van der Waals surface area contributed by atoms with Crippen LogP contribution in [0.4, 0.5) is 0 Å². The van der Waals surface area contributed by atoms with E-state index in [0.29, 0.717) is 9.99 Å². The molecule has 1 aromatic carbocycles. The SMILES string of the molecule is CC(N)(CO)CO.CC(N)(CO)CO.O.[O]P([O])(=O)c1c[nH]c2ccc(Br)c(Cl)c12. The average Bonchev–Trinajstić information content (AvgIpc) is 3.11. The summed E-state index contributed by atoms with van der Waals surface area (Å²) >= 11 is 9.08. The van der Waals surface area contributed by atoms with Crippen molar-refractivity contribution in [1.82, 2.24) is 4.98 Å². The summed E-state index contributed by atoms with van der Waals surface area (Å²) in [6, 6.07) is 3.32. The van der Waals surface area contributed by atoms with E-state index < -0.39 is 18.7 Å². The van der Waals surface area contributed by atoms with Gasteiger partial charge in [-0.15, -0.1) is 9.79 Å². The third-order valence-electron chi connectivity index (χ3n) is 3.46. The zero-order valence-corrected chi connectivity index (χ0v) is 19.7. The van der Waals surface area contributed by atoms with Crippen LogP contribution in [-0.4, -0.2) is 68.4 Å². The molecule has 2 rings (SSSR count). The molecule has 0 spiro atoms. The Morgan fingerprint density at radius 2 is 1.43 bits per heavy atom. The third-order valence-corrected chi connectivity index (χ3v) is 5.68. The van der Waals surface area contributed by atoms with Gasteiger partial charge in [0.1, 0.15) is 0 Å². The first-order chi connectivity index (χ1) is 13.2. The maximum atomic E-state index is 10.9. The van der Waals surface area contributed by atoms with Crippen LogP contribution >= 0.6 is 35.1 Å². The molecule has 0 saturated heterocycles. The summed E-state index contributed by atoms with van der Waals surface area (Å²) in [6.07, 6.45) is 1.16. The Morgan fingerprint density at radius 3 is 1.73 bits per heavy atom. The molecule has 0 aliphatic carbocycles. The van der Waals surface area contributed by atoms with Crippen LogP contribution < -0.4 is 16.8 Å². The Bertz CT molecular complexity index is 800. The second-order valence-electron chi connectivity index (χ2n) is 6.90. The van der Waals surface area contributed by atoms with Gasteiger partial charge >= 0.3 is 7.60 Å². The van der Waals surface area contributed by atoms with E-state index in [-0.39, 0.29) is 47.6 Å². The molecule has 0 atom stereocenters. The van der Waals surface area contributed by atoms with Crippen molar-refractivity contribution in [3.8, 4) is 0 Å². The zero-order valence-electron chi connectivity index (χ0n) is 16.4. The number of aromatic nitrogens is 1. The molecule has 174 valence electrons. The predicted octanol–water partition coefficient (Wildman–Crippen LogP) is -0.185. The number of nitrogens with one attached hydrogen (secondary N) is 1. The number of aromatic amines is 1. The summed E-state index contributed by atoms with van der Waals surface area (Å²) in [5.41, 5.74) is 9.34. The van der Waals surface area contributed by atoms with Crippen molar-refractivity contribution in [2.45, 2.75) is 24.9 Å². The largest absolute Gasteiger partial charge is 0.417 e. The minimum absolute atomic E-state index is 0. The van der Waals surface area contributed by atoms with Gasteiger partial charge in [0, 0.05) is 21.6 Å². The van der Waals surface area contributed by atoms with Crippen LogP contribution in [-0.2, 0) is 14.4 Å². The molecular formula is C16H28BrClN3O8P. The van der Waals surface area contributed by atoms with Crippen molar-refractivity contribution >= 4 is 51.3 Å². The van der Waals surface area contributed by atoms with Crippen molar-refractivity contribution in [2.24, 2.45) is 11.5 Å². The lowest BCUT2D eigenvalue weighted by atomic mass is 10.1. The van der Waals surface area contributed by atoms with Crippen LogP contribution in [0, 0.1) is 0 Å². The number of hydrogen-bond acceptors (Lipinski definition) is 7. The number of fused-ring (bicyclic) bond motifs is 1. The van der Waals surface area contributed by atoms with Crippen molar-refractivity contribution in [1.29, 1.82) is 0 Å². The number of halogens is 2. The first-order valence-electron chi connectivity index (χ1n) is 8.14. The predicted molar refractivity (Wildman–Crippen MR) is 117 cm³/mol. The van der Waals surface area contributed by atoms with Crippen molar-refractivity contribution in [2.75, 3.05) is 26.4 Å². The monoisotopic (exact) mass is 535 g/mol. The van der Waals surface area contributed by atoms with Gasteiger partial charge in [0.05, 0.1) is 47.8 Å². The molecule has 11 N–H and O–H groups in total. The first-order valence-corrected chi connectivity index (χ1v) is 10.9. The fraction of sp³-hybridized carbons (Fsp3) is 0.500. The number of H-pyrrole nitrogens is 1. The van der Waals surface area contributed by atoms with Gasteiger partial charge in [-0.3, -0.25) is 0 Å². The lowest BCUT2D eigenvalue weighted by Gasteiger charge is -2.16. The topological polar surface area (TPSA) is 237 Å². The highest BCUT2D eigenvalue weighted by atomic mass is 79.9. The number of aliphatic hydroxyl groups is 4. The van der Waals surface area contributed by atoms with Gasteiger partial charge in [-0.1, -0.05) is 11.6 Å². The molecule has 0 aliphatic heterocycles. The average molecular weight is 537 g/mol. The minimum Gasteiger partial charge on any atom is -0.412 e. The fourth-order valence-corrected chi connectivity index (χ4v) is 2.85. The van der Waals surface area contributed by atoms with E-state index >= 15 is 0 Å². The molecule has 0 fully saturated rings. The number of benzene rings is 1. The van der Waals surface area contributed by atoms with Gasteiger partial charge < -0.3 is 42.4 Å². The highest BCUT2D eigenvalue weighted by Crippen LogP contribution is 2.42. The maximum absolute atomic E-state index is 10.9. The summed E-state index contributed by atoms with van der Waals surface area (Å²) in [7, 11) is -4.80. The standard InChI is InChI=1S/C8H4BrClNO3P.2C4H11NO2.H2O/c9-4-1-2-5-7(8(4)10)6(3-11-5)15(12,13)14;2*1-4(5,2-6)3-7;/h1-3,11H;2*6-7H,2-3,5H2,1H3;1H2. The molecule has 1 heterocycles. The van der Waals surface area contributed by atoms with Crippen LogP contribution in [0.25, 0.3) is 10.9 Å². The molecule has 2 aromatic rings. The van der Waals surface area contributed by atoms with Crippen molar-refractivity contribution in [3.05, 3.63) is 27.8 Å². The van der Waals surface area contributed by atoms with Crippen LogP contribution in [0.3, 0.4) is 0 Å². The van der Waals surface area contributed by atoms with Gasteiger partial charge in [0.25, 0.3) is 0 Å². The van der Waals surface area contributed by atoms with Gasteiger partial charge in [-0.05, 0) is 41.9 Å². The maximum Gasteiger partial charge on any atom is 0.417 e. The molecule has 14 heteroatoms. The van der Waals surface area contributed by atoms with Crippen LogP contribution in [0.2, 0.25) is 5.02 Å². The van der Waals surface area contributed by atoms with E-state index in [4.69, 9.17) is 43.5 Å². The smallest absolute Gasteiger partial charge is 0.412 e. The zero-order chi connectivity index (χ0) is 23.0. The summed E-state index contributed by atoms with van der Waals surface area (Å²) in [6.45, 7) is 2.44. The number of rotatable bonds is 5. The molecule has 0 unspecified atom stereocenters. The molecule has 30 heavy (non-hydrogen) atoms. The van der Waals surface area contributed by atoms with E-state index in [1.54, 1.807) is 26.0 Å². The highest BCUT2D eigenvalue weighted by Gasteiger charge is 2.27. The van der Waals surface area contributed by atoms with E-state index in [2.05, 4.69) is 20.9 Å². The molecule has 2 radical (unpaired) electrons. The van der Waals surface area contributed by atoms with E-state index in [0.717, 1.165) is 6.20 Å². The molecular weight excluding hydrogens is 509 g/mol. The van der Waals surface area contributed by atoms with Crippen LogP contribution in [0.5, 0.6) is 0 Å². The van der Waals surface area contributed by atoms with E-state index in [1.807, 2.05) is 0 Å². The van der Waals surface area contributed by atoms with E-state index in [9.17, 15) is 14.4 Å². The minimum atomic E-state index is -4.80. The molecule has 0 bridgehead atoms. The Balaban J connectivity index is 0. The van der Waals surface area contributed by atoms with E-state index in [1.165, 1.54) is 0 Å². The van der Waals surface area contributed by atoms with Gasteiger partial charge in [0.2, 0.25) is 0 Å². The van der Waals surface area contributed by atoms with Crippen LogP contribution in [0.1, 0.15) is 13.8 Å². The summed E-state index contributed by atoms with van der Waals surface area (Å²) in [5.74, 6) is 0. The molecule has 0 aliphatic rings. The normalized spacial score (nSPS) is 11.7. The summed E-state index contributed by atoms with van der Waals surface area (Å²) in [4.78, 5) is 24.6. The summed E-state index contributed by atoms with van der Waals surface area (Å²) < 4.78 is 11.5. The second kappa shape index (κ2) is 13.1. The van der Waals surface area contributed by atoms with Crippen molar-refractivity contribution < 1.29 is 40.3 Å². The Kier molecular flexibility index (Phi) is 13.8. The fourth-order valence-electron chi connectivity index (χ4n) is 1.46. The number of nitrogens with two attached hydrogens (primary N) is 2. The first kappa shape index (κ1) is 31.6. The Labute approximate surface area is 187 Å². The quantitative estimate of drug-likeness (QED) is 0.254. The number of aliphatic hydroxyl groups excluding tert-OH is 4. The van der Waals surface area contributed by atoms with Gasteiger partial charge in [-0.2, -0.15) is 0 Å².